The third-order valence-corrected chi connectivity index (χ3v) is 6.75. The van der Waals surface area contributed by atoms with Gasteiger partial charge >= 0.3 is 19.1 Å². The number of pyridine rings is 2. The molecular formula is C26H18BCl5F2N2O8. The molecule has 232 valence electrons. The lowest BCUT2D eigenvalue weighted by atomic mass is 9.80. The number of carbonyl (C=O) groups is 2. The molecule has 18 heteroatoms. The molecule has 2 aromatic carbocycles. The van der Waals surface area contributed by atoms with Gasteiger partial charge in [0.2, 0.25) is 0 Å². The van der Waals surface area contributed by atoms with Crippen LogP contribution in [0.3, 0.4) is 0 Å². The zero-order valence-corrected chi connectivity index (χ0v) is 25.9. The van der Waals surface area contributed by atoms with Crippen molar-refractivity contribution in [3.8, 4) is 22.8 Å². The third kappa shape index (κ3) is 9.29. The van der Waals surface area contributed by atoms with Crippen LogP contribution in [0.2, 0.25) is 25.2 Å². The average molecular weight is 713 g/mol. The lowest BCUT2D eigenvalue weighted by Crippen LogP contribution is -2.32. The van der Waals surface area contributed by atoms with Gasteiger partial charge in [-0.2, -0.15) is 0 Å². The van der Waals surface area contributed by atoms with E-state index in [0.717, 1.165) is 0 Å². The molecule has 0 fully saturated rings. The molecule has 0 aliphatic carbocycles. The summed E-state index contributed by atoms with van der Waals surface area (Å²) in [5.74, 6) is -4.30. The highest BCUT2D eigenvalue weighted by molar-refractivity contribution is 6.59. The van der Waals surface area contributed by atoms with Gasteiger partial charge in [-0.1, -0.05) is 64.1 Å². The largest absolute Gasteiger partial charge is 0.492 e. The van der Waals surface area contributed by atoms with E-state index in [1.54, 1.807) is 0 Å². The van der Waals surface area contributed by atoms with Crippen LogP contribution in [0.25, 0.3) is 11.3 Å². The fourth-order valence-electron chi connectivity index (χ4n) is 3.12. The number of benzene rings is 2. The molecule has 2 aromatic heterocycles. The van der Waals surface area contributed by atoms with Crippen molar-refractivity contribution >= 4 is 82.5 Å². The van der Waals surface area contributed by atoms with E-state index >= 15 is 0 Å². The highest BCUT2D eigenvalue weighted by atomic mass is 35.5. The first kappa shape index (κ1) is 36.8. The maximum Gasteiger partial charge on any atom is 0.491 e. The Morgan fingerprint density at radius 3 is 1.61 bits per heavy atom. The first-order valence-electron chi connectivity index (χ1n) is 11.5. The predicted molar refractivity (Wildman–Crippen MR) is 162 cm³/mol. The molecule has 0 aliphatic rings. The van der Waals surface area contributed by atoms with Crippen molar-refractivity contribution in [2.45, 2.75) is 0 Å². The van der Waals surface area contributed by atoms with Gasteiger partial charge in [0.25, 0.3) is 0 Å². The van der Waals surface area contributed by atoms with Crippen molar-refractivity contribution in [2.24, 2.45) is 0 Å². The van der Waals surface area contributed by atoms with E-state index < -0.39 is 30.7 Å². The molecule has 0 radical (unpaired) electrons. The summed E-state index contributed by atoms with van der Waals surface area (Å²) in [5, 5.41) is 35.4. The van der Waals surface area contributed by atoms with Crippen molar-refractivity contribution in [3.05, 3.63) is 96.8 Å². The van der Waals surface area contributed by atoms with Crippen molar-refractivity contribution in [1.29, 1.82) is 0 Å². The lowest BCUT2D eigenvalue weighted by Gasteiger charge is -2.10. The standard InChI is InChI=1S/C13H8Cl2FNO3.C7H7BClFO3.C6H3Cl2NO2/c1-20-12-8(15)3-2-6(10(12)16)11-7(14)4-5-9(17-11)13(18)19;1-13-7-5(9)3-2-4(6(7)10)8(11)12;7-3-1-2-4(6(10)11)9-5(3)8/h2-5H,1H3,(H,18,19);2-3,11-12H,1H3;1-2H,(H,10,11). The summed E-state index contributed by atoms with van der Waals surface area (Å²) < 4.78 is 37.0. The number of rotatable bonds is 6. The second kappa shape index (κ2) is 16.6. The minimum Gasteiger partial charge on any atom is -0.492 e. The summed E-state index contributed by atoms with van der Waals surface area (Å²) in [6.45, 7) is 0. The number of carboxylic acids is 2. The van der Waals surface area contributed by atoms with Crippen LogP contribution < -0.4 is 14.9 Å². The van der Waals surface area contributed by atoms with E-state index in [2.05, 4.69) is 14.7 Å². The zero-order chi connectivity index (χ0) is 33.3. The van der Waals surface area contributed by atoms with E-state index in [4.69, 9.17) is 83.0 Å². The van der Waals surface area contributed by atoms with Crippen molar-refractivity contribution in [2.75, 3.05) is 14.2 Å². The normalized spacial score (nSPS) is 10.1. The van der Waals surface area contributed by atoms with Crippen LogP contribution in [-0.4, -0.2) is 63.5 Å². The number of methoxy groups -OCH3 is 2. The van der Waals surface area contributed by atoms with Crippen LogP contribution in [0.1, 0.15) is 21.0 Å². The molecule has 2 heterocycles. The van der Waals surface area contributed by atoms with Gasteiger partial charge in [-0.05, 0) is 42.5 Å². The van der Waals surface area contributed by atoms with Gasteiger partial charge in [-0.25, -0.2) is 28.3 Å². The highest BCUT2D eigenvalue weighted by Gasteiger charge is 2.21. The van der Waals surface area contributed by atoms with Gasteiger partial charge in [0, 0.05) is 11.0 Å². The van der Waals surface area contributed by atoms with E-state index in [9.17, 15) is 18.4 Å². The Balaban J connectivity index is 0.000000244. The lowest BCUT2D eigenvalue weighted by molar-refractivity contribution is 0.0680. The van der Waals surface area contributed by atoms with E-state index in [-0.39, 0.29) is 64.9 Å². The maximum absolute atomic E-state index is 14.3. The Hall–Kier alpha value is -3.43. The van der Waals surface area contributed by atoms with Crippen LogP contribution in [-0.2, 0) is 0 Å². The molecule has 4 aromatic rings. The molecule has 4 N–H and O–H groups in total. The molecule has 0 saturated heterocycles. The van der Waals surface area contributed by atoms with Gasteiger partial charge in [-0.3, -0.25) is 0 Å². The van der Waals surface area contributed by atoms with E-state index in [1.807, 2.05) is 0 Å². The molecule has 4 rings (SSSR count). The summed E-state index contributed by atoms with van der Waals surface area (Å²) in [4.78, 5) is 28.6. The van der Waals surface area contributed by atoms with Crippen LogP contribution in [0.4, 0.5) is 8.78 Å². The van der Waals surface area contributed by atoms with E-state index in [0.29, 0.717) is 0 Å². The second-order valence-corrected chi connectivity index (χ2v) is 9.89. The Morgan fingerprint density at radius 2 is 1.14 bits per heavy atom. The molecule has 0 aliphatic heterocycles. The Morgan fingerprint density at radius 1 is 0.682 bits per heavy atom. The molecule has 0 unspecified atom stereocenters. The third-order valence-electron chi connectivity index (χ3n) is 5.16. The van der Waals surface area contributed by atoms with Crippen LogP contribution >= 0.6 is 58.0 Å². The van der Waals surface area contributed by atoms with Crippen LogP contribution in [0.5, 0.6) is 11.5 Å². The number of aromatic carboxylic acids is 2. The zero-order valence-electron chi connectivity index (χ0n) is 22.2. The molecular weight excluding hydrogens is 694 g/mol. The molecule has 0 atom stereocenters. The fraction of sp³-hybridized carbons (Fsp3) is 0.0769. The summed E-state index contributed by atoms with van der Waals surface area (Å²) in [7, 11) is 0.653. The number of nitrogens with zero attached hydrogens (tertiary/aromatic N) is 2. The van der Waals surface area contributed by atoms with Crippen LogP contribution in [0, 0.1) is 11.6 Å². The monoisotopic (exact) mass is 710 g/mol. The summed E-state index contributed by atoms with van der Waals surface area (Å²) in [5.41, 5.74) is -0.586. The topological polar surface area (TPSA) is 159 Å². The van der Waals surface area contributed by atoms with Gasteiger partial charge in [0.1, 0.15) is 16.5 Å². The highest BCUT2D eigenvalue weighted by Crippen LogP contribution is 2.36. The summed E-state index contributed by atoms with van der Waals surface area (Å²) in [6, 6.07) is 10.6. The van der Waals surface area contributed by atoms with Crippen molar-refractivity contribution < 1.29 is 48.1 Å². The molecule has 0 spiro atoms. The summed E-state index contributed by atoms with van der Waals surface area (Å²) >= 11 is 28.3. The molecule has 10 nitrogen and oxygen atoms in total. The SMILES string of the molecule is COc1c(Cl)ccc(-c2nc(C(=O)O)ccc2Cl)c1F.COc1c(Cl)ccc(B(O)O)c1F.O=C(O)c1ccc(Cl)c(Cl)n1. The Labute approximate surface area is 273 Å². The number of aromatic nitrogens is 2. The average Bonchev–Trinajstić information content (AvgIpc) is 2.96. The van der Waals surface area contributed by atoms with Gasteiger partial charge < -0.3 is 29.7 Å². The number of ether oxygens (including phenoxy) is 2. The number of hydrogen-bond acceptors (Lipinski definition) is 8. The van der Waals surface area contributed by atoms with Gasteiger partial charge in [0.05, 0.1) is 40.0 Å². The molecule has 0 bridgehead atoms. The number of halogens is 7. The number of carboxylic acid groups (broad SMARTS) is 2. The maximum atomic E-state index is 14.3. The van der Waals surface area contributed by atoms with Crippen LogP contribution in [0.15, 0.2) is 48.5 Å². The molecule has 44 heavy (non-hydrogen) atoms. The second-order valence-electron chi connectivity index (χ2n) is 7.91. The minimum atomic E-state index is -1.87. The fourth-order valence-corrected chi connectivity index (χ4v) is 4.04. The first-order chi connectivity index (χ1) is 20.6. The Kier molecular flexibility index (Phi) is 13.9. The van der Waals surface area contributed by atoms with E-state index in [1.165, 1.54) is 62.8 Å². The molecule has 0 amide bonds. The molecule has 0 saturated carbocycles. The van der Waals surface area contributed by atoms with Gasteiger partial charge in [0.15, 0.2) is 23.1 Å². The number of hydrogen-bond donors (Lipinski definition) is 4. The Bertz CT molecular complexity index is 1680. The van der Waals surface area contributed by atoms with Crippen molar-refractivity contribution in [3.63, 3.8) is 0 Å². The van der Waals surface area contributed by atoms with Crippen molar-refractivity contribution in [1.82, 2.24) is 9.97 Å². The van der Waals surface area contributed by atoms with Gasteiger partial charge in [-0.15, -0.1) is 0 Å². The smallest absolute Gasteiger partial charge is 0.491 e. The quantitative estimate of drug-likeness (QED) is 0.135. The predicted octanol–water partition coefficient (Wildman–Crippen LogP) is 6.16. The minimum absolute atomic E-state index is 0.00608. The first-order valence-corrected chi connectivity index (χ1v) is 13.4. The summed E-state index contributed by atoms with van der Waals surface area (Å²) in [6.07, 6.45) is 0.